The van der Waals surface area contributed by atoms with Crippen molar-refractivity contribution in [3.8, 4) is 0 Å². The number of benzene rings is 2. The lowest BCUT2D eigenvalue weighted by Crippen LogP contribution is -2.09. The van der Waals surface area contributed by atoms with Crippen LogP contribution in [-0.2, 0) is 16.1 Å². The third-order valence-corrected chi connectivity index (χ3v) is 5.31. The summed E-state index contributed by atoms with van der Waals surface area (Å²) in [5, 5.41) is 0.812. The fraction of sp³-hybridized carbons (Fsp3) is 0.273. The van der Waals surface area contributed by atoms with Crippen LogP contribution in [0, 0.1) is 6.92 Å². The van der Waals surface area contributed by atoms with Crippen LogP contribution in [0.1, 0.15) is 36.5 Å². The molecule has 0 bridgehead atoms. The SMILES string of the molecule is Cc1cc2oc(=O)cc(COC(=O)CSc3ccccc3)c2cc1C(C)C. The third kappa shape index (κ3) is 4.80. The van der Waals surface area contributed by atoms with Crippen molar-refractivity contribution in [2.24, 2.45) is 0 Å². The van der Waals surface area contributed by atoms with Gasteiger partial charge in [0, 0.05) is 21.9 Å². The van der Waals surface area contributed by atoms with Crippen LogP contribution in [-0.4, -0.2) is 11.7 Å². The highest BCUT2D eigenvalue weighted by Gasteiger charge is 2.13. The average molecular weight is 382 g/mol. The van der Waals surface area contributed by atoms with Gasteiger partial charge in [-0.2, -0.15) is 0 Å². The van der Waals surface area contributed by atoms with Gasteiger partial charge in [0.2, 0.25) is 0 Å². The molecule has 0 aliphatic rings. The number of esters is 1. The molecule has 0 saturated carbocycles. The second-order valence-corrected chi connectivity index (χ2v) is 7.76. The molecule has 1 aromatic heterocycles. The largest absolute Gasteiger partial charge is 0.460 e. The van der Waals surface area contributed by atoms with E-state index in [1.807, 2.05) is 49.4 Å². The maximum absolute atomic E-state index is 12.1. The zero-order chi connectivity index (χ0) is 19.4. The van der Waals surface area contributed by atoms with Crippen LogP contribution in [0.5, 0.6) is 0 Å². The Morgan fingerprint density at radius 3 is 2.59 bits per heavy atom. The van der Waals surface area contributed by atoms with Crippen LogP contribution in [0.4, 0.5) is 0 Å². The van der Waals surface area contributed by atoms with Crippen molar-refractivity contribution in [3.63, 3.8) is 0 Å². The summed E-state index contributed by atoms with van der Waals surface area (Å²) in [5.41, 5.74) is 3.01. The highest BCUT2D eigenvalue weighted by atomic mass is 32.2. The van der Waals surface area contributed by atoms with Crippen LogP contribution in [0.25, 0.3) is 11.0 Å². The van der Waals surface area contributed by atoms with Gasteiger partial charge in [0.25, 0.3) is 0 Å². The third-order valence-electron chi connectivity index (χ3n) is 4.33. The Balaban J connectivity index is 1.76. The standard InChI is InChI=1S/C22H22O4S/c1-14(2)18-11-19-16(10-21(23)26-20(19)9-15(18)3)12-25-22(24)13-27-17-7-5-4-6-8-17/h4-11,14H,12-13H2,1-3H3. The quantitative estimate of drug-likeness (QED) is 0.339. The van der Waals surface area contributed by atoms with E-state index in [9.17, 15) is 9.59 Å². The van der Waals surface area contributed by atoms with Gasteiger partial charge in [-0.1, -0.05) is 32.0 Å². The Labute approximate surface area is 162 Å². The molecule has 1 heterocycles. The zero-order valence-corrected chi connectivity index (χ0v) is 16.5. The lowest BCUT2D eigenvalue weighted by Gasteiger charge is -2.13. The monoisotopic (exact) mass is 382 g/mol. The van der Waals surface area contributed by atoms with E-state index in [0.717, 1.165) is 15.8 Å². The highest BCUT2D eigenvalue weighted by molar-refractivity contribution is 8.00. The number of carbonyl (C=O) groups excluding carboxylic acids is 1. The average Bonchev–Trinajstić information content (AvgIpc) is 2.64. The number of rotatable bonds is 6. The number of carbonyl (C=O) groups is 1. The molecule has 0 unspecified atom stereocenters. The molecule has 0 fully saturated rings. The van der Waals surface area contributed by atoms with Gasteiger partial charge in [0.15, 0.2) is 0 Å². The smallest absolute Gasteiger partial charge is 0.336 e. The van der Waals surface area contributed by atoms with Gasteiger partial charge in [-0.05, 0) is 48.2 Å². The summed E-state index contributed by atoms with van der Waals surface area (Å²) in [5.74, 6) is 0.250. The Morgan fingerprint density at radius 1 is 1.15 bits per heavy atom. The molecule has 0 aliphatic carbocycles. The maximum Gasteiger partial charge on any atom is 0.336 e. The van der Waals surface area contributed by atoms with Gasteiger partial charge in [-0.15, -0.1) is 11.8 Å². The van der Waals surface area contributed by atoms with E-state index in [0.29, 0.717) is 17.1 Å². The van der Waals surface area contributed by atoms with Gasteiger partial charge in [0.05, 0.1) is 5.75 Å². The summed E-state index contributed by atoms with van der Waals surface area (Å²) < 4.78 is 10.7. The van der Waals surface area contributed by atoms with E-state index in [2.05, 4.69) is 13.8 Å². The van der Waals surface area contributed by atoms with E-state index in [-0.39, 0.29) is 18.3 Å². The first kappa shape index (κ1) is 19.2. The minimum atomic E-state index is -0.441. The zero-order valence-electron chi connectivity index (χ0n) is 15.7. The molecule has 4 nitrogen and oxygen atoms in total. The minimum absolute atomic E-state index is 0.0525. The molecule has 27 heavy (non-hydrogen) atoms. The summed E-state index contributed by atoms with van der Waals surface area (Å²) in [6.07, 6.45) is 0. The molecule has 0 aliphatic heterocycles. The van der Waals surface area contributed by atoms with Crippen molar-refractivity contribution in [1.29, 1.82) is 0 Å². The Morgan fingerprint density at radius 2 is 1.89 bits per heavy atom. The first-order valence-corrected chi connectivity index (χ1v) is 9.83. The molecule has 5 heteroatoms. The van der Waals surface area contributed by atoms with E-state index in [4.69, 9.17) is 9.15 Å². The molecule has 3 rings (SSSR count). The lowest BCUT2D eigenvalue weighted by molar-refractivity contribution is -0.141. The summed E-state index contributed by atoms with van der Waals surface area (Å²) in [6, 6.07) is 15.0. The van der Waals surface area contributed by atoms with Gasteiger partial charge in [-0.25, -0.2) is 4.79 Å². The van der Waals surface area contributed by atoms with Gasteiger partial charge < -0.3 is 9.15 Å². The minimum Gasteiger partial charge on any atom is -0.460 e. The van der Waals surface area contributed by atoms with Crippen molar-refractivity contribution in [3.05, 3.63) is 75.6 Å². The molecule has 0 atom stereocenters. The van der Waals surface area contributed by atoms with Crippen molar-refractivity contribution in [1.82, 2.24) is 0 Å². The van der Waals surface area contributed by atoms with Crippen LogP contribution in [0.3, 0.4) is 0 Å². The molecule has 0 spiro atoms. The number of aryl methyl sites for hydroxylation is 1. The summed E-state index contributed by atoms with van der Waals surface area (Å²) in [6.45, 7) is 6.29. The topological polar surface area (TPSA) is 56.5 Å². The molecule has 0 radical (unpaired) electrons. The molecule has 0 N–H and O–H groups in total. The molecule has 2 aromatic carbocycles. The number of thioether (sulfide) groups is 1. The van der Waals surface area contributed by atoms with E-state index >= 15 is 0 Å². The van der Waals surface area contributed by atoms with Crippen LogP contribution < -0.4 is 5.63 Å². The predicted molar refractivity (Wildman–Crippen MR) is 108 cm³/mol. The Kier molecular flexibility index (Phi) is 6.01. The first-order chi connectivity index (χ1) is 12.9. The van der Waals surface area contributed by atoms with Gasteiger partial charge >= 0.3 is 11.6 Å². The molecular formula is C22H22O4S. The Bertz CT molecular complexity index is 1010. The molecule has 140 valence electrons. The molecule has 3 aromatic rings. The predicted octanol–water partition coefficient (Wildman–Crippen LogP) is 5.06. The highest BCUT2D eigenvalue weighted by Crippen LogP contribution is 2.27. The second-order valence-electron chi connectivity index (χ2n) is 6.71. The van der Waals surface area contributed by atoms with Crippen molar-refractivity contribution >= 4 is 28.7 Å². The van der Waals surface area contributed by atoms with E-state index in [1.54, 1.807) is 0 Å². The lowest BCUT2D eigenvalue weighted by atomic mass is 9.95. The molecule has 0 amide bonds. The molecular weight excluding hydrogens is 360 g/mol. The van der Waals surface area contributed by atoms with E-state index < -0.39 is 5.63 Å². The van der Waals surface area contributed by atoms with E-state index in [1.165, 1.54) is 23.4 Å². The van der Waals surface area contributed by atoms with Gasteiger partial charge in [-0.3, -0.25) is 4.79 Å². The first-order valence-electron chi connectivity index (χ1n) is 8.85. The number of hydrogen-bond donors (Lipinski definition) is 0. The summed E-state index contributed by atoms with van der Waals surface area (Å²) >= 11 is 1.42. The molecule has 0 saturated heterocycles. The van der Waals surface area contributed by atoms with Crippen LogP contribution in [0.15, 0.2) is 62.6 Å². The van der Waals surface area contributed by atoms with Gasteiger partial charge in [0.1, 0.15) is 12.2 Å². The Hall–Kier alpha value is -2.53. The summed E-state index contributed by atoms with van der Waals surface area (Å²) in [7, 11) is 0. The fourth-order valence-corrected chi connectivity index (χ4v) is 3.71. The van der Waals surface area contributed by atoms with Crippen molar-refractivity contribution < 1.29 is 13.9 Å². The van der Waals surface area contributed by atoms with Crippen molar-refractivity contribution in [2.45, 2.75) is 38.2 Å². The number of hydrogen-bond acceptors (Lipinski definition) is 5. The number of fused-ring (bicyclic) bond motifs is 1. The fourth-order valence-electron chi connectivity index (χ4n) is 2.99. The summed E-state index contributed by atoms with van der Waals surface area (Å²) in [4.78, 5) is 25.0. The van der Waals surface area contributed by atoms with Crippen LogP contribution >= 0.6 is 11.8 Å². The maximum atomic E-state index is 12.1. The van der Waals surface area contributed by atoms with Crippen LogP contribution in [0.2, 0.25) is 0 Å². The van der Waals surface area contributed by atoms with Crippen molar-refractivity contribution in [2.75, 3.05) is 5.75 Å². The number of ether oxygens (including phenoxy) is 1. The normalized spacial score (nSPS) is 11.1. The second kappa shape index (κ2) is 8.44.